The van der Waals surface area contributed by atoms with Crippen LogP contribution in [0.5, 0.6) is 0 Å². The SMILES string of the molecule is Cc1cc(/C=C(/C#N)c2ccc(Cl)cc2)c(C)n1-c1cccc(C(=O)[O-])c1. The van der Waals surface area contributed by atoms with Crippen LogP contribution in [0.1, 0.15) is 32.9 Å². The van der Waals surface area contributed by atoms with Gasteiger partial charge in [-0.05, 0) is 66.9 Å². The fraction of sp³-hybridized carbons (Fsp3) is 0.0909. The molecule has 0 amide bonds. The van der Waals surface area contributed by atoms with Gasteiger partial charge in [0.1, 0.15) is 0 Å². The van der Waals surface area contributed by atoms with Gasteiger partial charge in [0.25, 0.3) is 0 Å². The molecule has 0 radical (unpaired) electrons. The lowest BCUT2D eigenvalue weighted by molar-refractivity contribution is -0.255. The number of allylic oxidation sites excluding steroid dienone is 1. The fourth-order valence-corrected chi connectivity index (χ4v) is 3.19. The second-order valence-electron chi connectivity index (χ2n) is 6.18. The minimum atomic E-state index is -1.21. The number of aromatic nitrogens is 1. The van der Waals surface area contributed by atoms with E-state index in [0.29, 0.717) is 10.6 Å². The lowest BCUT2D eigenvalue weighted by Crippen LogP contribution is -2.22. The van der Waals surface area contributed by atoms with Crippen LogP contribution in [0.2, 0.25) is 5.02 Å². The summed E-state index contributed by atoms with van der Waals surface area (Å²) >= 11 is 5.92. The number of carboxylic acids is 1. The number of aryl methyl sites for hydroxylation is 1. The van der Waals surface area contributed by atoms with Crippen LogP contribution in [0.4, 0.5) is 0 Å². The first-order chi connectivity index (χ1) is 12.9. The van der Waals surface area contributed by atoms with Gasteiger partial charge in [-0.1, -0.05) is 35.9 Å². The fourth-order valence-electron chi connectivity index (χ4n) is 3.07. The van der Waals surface area contributed by atoms with Gasteiger partial charge in [-0.3, -0.25) is 0 Å². The molecule has 3 rings (SSSR count). The van der Waals surface area contributed by atoms with Crippen molar-refractivity contribution in [3.8, 4) is 11.8 Å². The zero-order valence-electron chi connectivity index (χ0n) is 14.9. The Bertz CT molecular complexity index is 1090. The molecule has 134 valence electrons. The standard InChI is InChI=1S/C22H17ClN2O2/c1-14-10-18(11-19(13-24)16-6-8-20(23)9-7-16)15(2)25(14)21-5-3-4-17(12-21)22(26)27/h3-12H,1-2H3,(H,26,27)/p-1/b19-11-. The molecule has 2 aromatic carbocycles. The van der Waals surface area contributed by atoms with Crippen molar-refractivity contribution in [2.75, 3.05) is 0 Å². The van der Waals surface area contributed by atoms with E-state index in [1.165, 1.54) is 6.07 Å². The summed E-state index contributed by atoms with van der Waals surface area (Å²) in [5.74, 6) is -1.21. The summed E-state index contributed by atoms with van der Waals surface area (Å²) in [5, 5.41) is 21.3. The number of rotatable bonds is 4. The average Bonchev–Trinajstić information content (AvgIpc) is 2.94. The molecular weight excluding hydrogens is 360 g/mol. The van der Waals surface area contributed by atoms with Gasteiger partial charge in [0.05, 0.1) is 17.6 Å². The Morgan fingerprint density at radius 1 is 1.11 bits per heavy atom. The molecule has 1 heterocycles. The zero-order valence-corrected chi connectivity index (χ0v) is 15.6. The maximum atomic E-state index is 11.1. The number of aromatic carboxylic acids is 1. The Hall–Kier alpha value is -3.29. The number of hydrogen-bond acceptors (Lipinski definition) is 3. The van der Waals surface area contributed by atoms with Crippen molar-refractivity contribution in [3.05, 3.63) is 87.7 Å². The predicted molar refractivity (Wildman–Crippen MR) is 105 cm³/mol. The van der Waals surface area contributed by atoms with Crippen molar-refractivity contribution in [1.29, 1.82) is 5.26 Å². The van der Waals surface area contributed by atoms with Gasteiger partial charge in [-0.2, -0.15) is 5.26 Å². The number of benzene rings is 2. The Morgan fingerprint density at radius 3 is 2.44 bits per heavy atom. The van der Waals surface area contributed by atoms with E-state index in [4.69, 9.17) is 11.6 Å². The maximum absolute atomic E-state index is 11.1. The molecule has 0 aliphatic heterocycles. The second kappa shape index (κ2) is 7.53. The minimum Gasteiger partial charge on any atom is -0.545 e. The van der Waals surface area contributed by atoms with Gasteiger partial charge in [-0.15, -0.1) is 0 Å². The molecule has 0 fully saturated rings. The van der Waals surface area contributed by atoms with Crippen LogP contribution >= 0.6 is 11.6 Å². The highest BCUT2D eigenvalue weighted by Gasteiger charge is 2.11. The maximum Gasteiger partial charge on any atom is 0.0998 e. The summed E-state index contributed by atoms with van der Waals surface area (Å²) in [4.78, 5) is 11.1. The molecule has 0 aliphatic rings. The van der Waals surface area contributed by atoms with Gasteiger partial charge in [0.2, 0.25) is 0 Å². The molecule has 0 spiro atoms. The Balaban J connectivity index is 2.08. The number of nitrogens with zero attached hydrogens (tertiary/aromatic N) is 2. The van der Waals surface area contributed by atoms with Crippen molar-refractivity contribution >= 4 is 29.2 Å². The molecular formula is C22H16ClN2O2-. The van der Waals surface area contributed by atoms with Crippen molar-refractivity contribution in [1.82, 2.24) is 4.57 Å². The summed E-state index contributed by atoms with van der Waals surface area (Å²) in [5.41, 5.74) is 4.89. The van der Waals surface area contributed by atoms with E-state index in [1.54, 1.807) is 36.4 Å². The Morgan fingerprint density at radius 2 is 1.81 bits per heavy atom. The predicted octanol–water partition coefficient (Wildman–Crippen LogP) is 4.18. The summed E-state index contributed by atoms with van der Waals surface area (Å²) in [7, 11) is 0. The molecule has 1 aromatic heterocycles. The third-order valence-corrected chi connectivity index (χ3v) is 4.64. The Kier molecular flexibility index (Phi) is 5.16. The van der Waals surface area contributed by atoms with Gasteiger partial charge in [0, 0.05) is 22.1 Å². The molecule has 0 saturated heterocycles. The van der Waals surface area contributed by atoms with Crippen LogP contribution in [0.15, 0.2) is 54.6 Å². The second-order valence-corrected chi connectivity index (χ2v) is 6.61. The number of nitriles is 1. The van der Waals surface area contributed by atoms with Crippen LogP contribution in [0, 0.1) is 25.2 Å². The molecule has 0 aliphatic carbocycles. The topological polar surface area (TPSA) is 68.8 Å². The van der Waals surface area contributed by atoms with Gasteiger partial charge >= 0.3 is 0 Å². The summed E-state index contributed by atoms with van der Waals surface area (Å²) in [6.45, 7) is 3.87. The molecule has 5 heteroatoms. The minimum absolute atomic E-state index is 0.121. The van der Waals surface area contributed by atoms with Gasteiger partial charge in [-0.25, -0.2) is 0 Å². The van der Waals surface area contributed by atoms with E-state index < -0.39 is 5.97 Å². The van der Waals surface area contributed by atoms with Crippen LogP contribution in [0.25, 0.3) is 17.3 Å². The first-order valence-corrected chi connectivity index (χ1v) is 8.67. The first-order valence-electron chi connectivity index (χ1n) is 8.29. The number of carbonyl (C=O) groups excluding carboxylic acids is 1. The highest BCUT2D eigenvalue weighted by molar-refractivity contribution is 6.30. The number of hydrogen-bond donors (Lipinski definition) is 0. The van der Waals surface area contributed by atoms with Crippen LogP contribution in [0.3, 0.4) is 0 Å². The molecule has 27 heavy (non-hydrogen) atoms. The third-order valence-electron chi connectivity index (χ3n) is 4.39. The Labute approximate surface area is 162 Å². The van der Waals surface area contributed by atoms with Crippen LogP contribution in [-0.4, -0.2) is 10.5 Å². The quantitative estimate of drug-likeness (QED) is 0.642. The molecule has 0 saturated carbocycles. The van der Waals surface area contributed by atoms with E-state index in [0.717, 1.165) is 28.2 Å². The van der Waals surface area contributed by atoms with Crippen molar-refractivity contribution in [2.24, 2.45) is 0 Å². The summed E-state index contributed by atoms with van der Waals surface area (Å²) in [6, 6.07) is 17.9. The van der Waals surface area contributed by atoms with Gasteiger partial charge < -0.3 is 14.5 Å². The molecule has 4 nitrogen and oxygen atoms in total. The highest BCUT2D eigenvalue weighted by Crippen LogP contribution is 2.26. The highest BCUT2D eigenvalue weighted by atomic mass is 35.5. The van der Waals surface area contributed by atoms with Crippen molar-refractivity contribution in [2.45, 2.75) is 13.8 Å². The lowest BCUT2D eigenvalue weighted by atomic mass is 10.0. The van der Waals surface area contributed by atoms with E-state index >= 15 is 0 Å². The van der Waals surface area contributed by atoms with Crippen molar-refractivity contribution < 1.29 is 9.90 Å². The molecule has 0 atom stereocenters. The van der Waals surface area contributed by atoms with Crippen LogP contribution < -0.4 is 5.11 Å². The first kappa shape index (κ1) is 18.5. The zero-order chi connectivity index (χ0) is 19.6. The van der Waals surface area contributed by atoms with E-state index in [2.05, 4.69) is 6.07 Å². The summed E-state index contributed by atoms with van der Waals surface area (Å²) < 4.78 is 1.95. The third kappa shape index (κ3) is 3.79. The van der Waals surface area contributed by atoms with Crippen LogP contribution in [-0.2, 0) is 0 Å². The van der Waals surface area contributed by atoms with Gasteiger partial charge in [0.15, 0.2) is 0 Å². The van der Waals surface area contributed by atoms with E-state index in [9.17, 15) is 15.2 Å². The largest absolute Gasteiger partial charge is 0.545 e. The summed E-state index contributed by atoms with van der Waals surface area (Å²) in [6.07, 6.45) is 1.82. The average molecular weight is 376 g/mol. The molecule has 0 unspecified atom stereocenters. The molecule has 0 bridgehead atoms. The lowest BCUT2D eigenvalue weighted by Gasteiger charge is -2.12. The normalized spacial score (nSPS) is 11.3. The smallest absolute Gasteiger partial charge is 0.0998 e. The van der Waals surface area contributed by atoms with Crippen molar-refractivity contribution in [3.63, 3.8) is 0 Å². The molecule has 0 N–H and O–H groups in total. The number of halogens is 1. The van der Waals surface area contributed by atoms with E-state index in [-0.39, 0.29) is 5.56 Å². The van der Waals surface area contributed by atoms with E-state index in [1.807, 2.05) is 36.6 Å². The monoisotopic (exact) mass is 375 g/mol. The molecule has 3 aromatic rings. The number of carboxylic acid groups (broad SMARTS) is 1. The number of carbonyl (C=O) groups is 1.